The van der Waals surface area contributed by atoms with Crippen LogP contribution in [0, 0.1) is 5.82 Å². The second-order valence-electron chi connectivity index (χ2n) is 8.99. The summed E-state index contributed by atoms with van der Waals surface area (Å²) in [6, 6.07) is 10.6. The van der Waals surface area contributed by atoms with Gasteiger partial charge in [0.2, 0.25) is 11.8 Å². The lowest BCUT2D eigenvalue weighted by Gasteiger charge is -2.40. The molecule has 1 aromatic heterocycles. The third-order valence-corrected chi connectivity index (χ3v) is 6.59. The van der Waals surface area contributed by atoms with Gasteiger partial charge in [0.15, 0.2) is 0 Å². The van der Waals surface area contributed by atoms with Crippen molar-refractivity contribution in [2.45, 2.75) is 24.4 Å². The minimum atomic E-state index is -4.42. The largest absolute Gasteiger partial charge is 0.420 e. The van der Waals surface area contributed by atoms with Gasteiger partial charge in [-0.05, 0) is 48.4 Å². The smallest absolute Gasteiger partial charge is 0.416 e. The molecule has 0 aliphatic carbocycles. The van der Waals surface area contributed by atoms with Crippen LogP contribution in [0.25, 0.3) is 11.5 Å². The second-order valence-corrected chi connectivity index (χ2v) is 8.99. The maximum atomic E-state index is 13.3. The highest BCUT2D eigenvalue weighted by Gasteiger charge is 2.37. The summed E-state index contributed by atoms with van der Waals surface area (Å²) >= 11 is 0. The molecule has 190 valence electrons. The van der Waals surface area contributed by atoms with Crippen LogP contribution in [0.4, 0.5) is 22.4 Å². The number of piperidine rings is 1. The number of ether oxygens (including phenoxy) is 1. The van der Waals surface area contributed by atoms with E-state index in [0.29, 0.717) is 62.8 Å². The van der Waals surface area contributed by atoms with E-state index < -0.39 is 11.7 Å². The fraction of sp³-hybridized carbons (Fsp3) is 0.400. The Morgan fingerprint density at radius 2 is 1.56 bits per heavy atom. The summed E-state index contributed by atoms with van der Waals surface area (Å²) in [6.45, 7) is 2.54. The number of hydrogen-bond donors (Lipinski definition) is 0. The number of likely N-dealkylation sites (tertiary alicyclic amines) is 1. The van der Waals surface area contributed by atoms with Crippen LogP contribution in [0.15, 0.2) is 52.9 Å². The SMILES string of the molecule is O=C(N1CCOCC1)N1CC(c2ccc(C(F)(F)F)cc2)CC(c2nnc(-c3ccc(F)cc3)o2)C1. The summed E-state index contributed by atoms with van der Waals surface area (Å²) in [5.74, 6) is -0.379. The first kappa shape index (κ1) is 24.2. The number of halogens is 4. The van der Waals surface area contributed by atoms with Gasteiger partial charge >= 0.3 is 12.2 Å². The number of carbonyl (C=O) groups is 1. The molecule has 2 aliphatic rings. The lowest BCUT2D eigenvalue weighted by Crippen LogP contribution is -2.52. The van der Waals surface area contributed by atoms with Crippen LogP contribution in [0.2, 0.25) is 0 Å². The Hall–Kier alpha value is -3.47. The molecule has 7 nitrogen and oxygen atoms in total. The molecule has 3 heterocycles. The summed E-state index contributed by atoms with van der Waals surface area (Å²) in [5, 5.41) is 8.28. The first-order chi connectivity index (χ1) is 17.3. The highest BCUT2D eigenvalue weighted by atomic mass is 19.4. The normalized spacial score (nSPS) is 21.0. The van der Waals surface area contributed by atoms with E-state index in [4.69, 9.17) is 9.15 Å². The molecule has 0 radical (unpaired) electrons. The van der Waals surface area contributed by atoms with Crippen LogP contribution >= 0.6 is 0 Å². The molecule has 0 N–H and O–H groups in total. The Labute approximate surface area is 204 Å². The van der Waals surface area contributed by atoms with Crippen molar-refractivity contribution < 1.29 is 31.5 Å². The van der Waals surface area contributed by atoms with Crippen molar-refractivity contribution >= 4 is 6.03 Å². The number of urea groups is 1. The van der Waals surface area contributed by atoms with Gasteiger partial charge in [0.05, 0.1) is 24.7 Å². The van der Waals surface area contributed by atoms with Gasteiger partial charge in [-0.15, -0.1) is 10.2 Å². The van der Waals surface area contributed by atoms with E-state index in [0.717, 1.165) is 12.1 Å². The molecular weight excluding hydrogens is 480 g/mol. The third kappa shape index (κ3) is 5.20. The van der Waals surface area contributed by atoms with E-state index in [2.05, 4.69) is 10.2 Å². The van der Waals surface area contributed by atoms with Crippen molar-refractivity contribution in [3.63, 3.8) is 0 Å². The third-order valence-electron chi connectivity index (χ3n) is 6.59. The zero-order valence-electron chi connectivity index (χ0n) is 19.2. The van der Waals surface area contributed by atoms with Gasteiger partial charge < -0.3 is 19.0 Å². The number of rotatable bonds is 3. The molecule has 5 rings (SSSR count). The van der Waals surface area contributed by atoms with Crippen LogP contribution in [0.1, 0.15) is 35.3 Å². The van der Waals surface area contributed by atoms with E-state index in [9.17, 15) is 22.4 Å². The van der Waals surface area contributed by atoms with Gasteiger partial charge in [0.25, 0.3) is 0 Å². The fourth-order valence-corrected chi connectivity index (χ4v) is 4.68. The standard InChI is InChI=1S/C25H24F4N4O3/c26-21-7-3-17(4-8-21)22-30-31-23(36-22)19-13-18(16-1-5-20(6-2-16)25(27,28)29)14-33(15-19)24(34)32-9-11-35-12-10-32/h1-8,18-19H,9-15H2. The Morgan fingerprint density at radius 1 is 0.889 bits per heavy atom. The fourth-order valence-electron chi connectivity index (χ4n) is 4.68. The summed E-state index contributed by atoms with van der Waals surface area (Å²) in [5.41, 5.74) is 0.540. The molecular formula is C25H24F4N4O3. The van der Waals surface area contributed by atoms with Crippen molar-refractivity contribution in [3.05, 3.63) is 71.4 Å². The van der Waals surface area contributed by atoms with Crippen LogP contribution in [-0.4, -0.2) is 65.4 Å². The first-order valence-electron chi connectivity index (χ1n) is 11.7. The minimum absolute atomic E-state index is 0.154. The van der Waals surface area contributed by atoms with Crippen LogP contribution in [0.5, 0.6) is 0 Å². The number of amides is 2. The molecule has 2 atom stereocenters. The van der Waals surface area contributed by atoms with Gasteiger partial charge in [-0.2, -0.15) is 13.2 Å². The summed E-state index contributed by atoms with van der Waals surface area (Å²) < 4.78 is 63.7. The maximum Gasteiger partial charge on any atom is 0.416 e. The van der Waals surface area contributed by atoms with Crippen molar-refractivity contribution in [1.82, 2.24) is 20.0 Å². The maximum absolute atomic E-state index is 13.3. The molecule has 11 heteroatoms. The highest BCUT2D eigenvalue weighted by Crippen LogP contribution is 2.38. The summed E-state index contributed by atoms with van der Waals surface area (Å²) in [4.78, 5) is 16.7. The lowest BCUT2D eigenvalue weighted by molar-refractivity contribution is -0.137. The van der Waals surface area contributed by atoms with Gasteiger partial charge in [-0.25, -0.2) is 9.18 Å². The molecule has 2 aromatic carbocycles. The molecule has 2 saturated heterocycles. The molecule has 0 saturated carbocycles. The second kappa shape index (κ2) is 9.88. The highest BCUT2D eigenvalue weighted by molar-refractivity contribution is 5.75. The van der Waals surface area contributed by atoms with Crippen LogP contribution < -0.4 is 0 Å². The topological polar surface area (TPSA) is 71.7 Å². The zero-order valence-corrected chi connectivity index (χ0v) is 19.2. The molecule has 0 spiro atoms. The molecule has 2 fully saturated rings. The minimum Gasteiger partial charge on any atom is -0.420 e. The first-order valence-corrected chi connectivity index (χ1v) is 11.7. The number of nitrogens with zero attached hydrogens (tertiary/aromatic N) is 4. The van der Waals surface area contributed by atoms with E-state index >= 15 is 0 Å². The average molecular weight is 504 g/mol. The molecule has 2 aliphatic heterocycles. The number of morpholine rings is 1. The Kier molecular flexibility index (Phi) is 6.65. The van der Waals surface area contributed by atoms with E-state index in [1.165, 1.54) is 36.4 Å². The number of benzene rings is 2. The van der Waals surface area contributed by atoms with Crippen LogP contribution in [0.3, 0.4) is 0 Å². The van der Waals surface area contributed by atoms with Crippen molar-refractivity contribution in [2.75, 3.05) is 39.4 Å². The predicted molar refractivity (Wildman–Crippen MR) is 121 cm³/mol. The number of hydrogen-bond acceptors (Lipinski definition) is 5. The van der Waals surface area contributed by atoms with Crippen LogP contribution in [-0.2, 0) is 10.9 Å². The Morgan fingerprint density at radius 3 is 2.22 bits per heavy atom. The van der Waals surface area contributed by atoms with Crippen molar-refractivity contribution in [2.24, 2.45) is 0 Å². The molecule has 0 bridgehead atoms. The summed E-state index contributed by atoms with van der Waals surface area (Å²) in [7, 11) is 0. The number of carbonyl (C=O) groups excluding carboxylic acids is 1. The zero-order chi connectivity index (χ0) is 25.3. The lowest BCUT2D eigenvalue weighted by atomic mass is 9.84. The predicted octanol–water partition coefficient (Wildman–Crippen LogP) is 4.92. The van der Waals surface area contributed by atoms with E-state index in [1.807, 2.05) is 0 Å². The van der Waals surface area contributed by atoms with Gasteiger partial charge in [-0.1, -0.05) is 12.1 Å². The molecule has 3 aromatic rings. The van der Waals surface area contributed by atoms with E-state index in [-0.39, 0.29) is 29.6 Å². The summed E-state index contributed by atoms with van der Waals surface area (Å²) in [6.07, 6.45) is -3.91. The monoisotopic (exact) mass is 504 g/mol. The Balaban J connectivity index is 1.41. The van der Waals surface area contributed by atoms with Gasteiger partial charge in [0, 0.05) is 37.7 Å². The molecule has 2 unspecified atom stereocenters. The van der Waals surface area contributed by atoms with Gasteiger partial charge in [-0.3, -0.25) is 0 Å². The van der Waals surface area contributed by atoms with Crippen molar-refractivity contribution in [1.29, 1.82) is 0 Å². The quantitative estimate of drug-likeness (QED) is 0.474. The number of alkyl halides is 3. The number of aromatic nitrogens is 2. The van der Waals surface area contributed by atoms with Gasteiger partial charge in [0.1, 0.15) is 5.82 Å². The molecule has 36 heavy (non-hydrogen) atoms. The van der Waals surface area contributed by atoms with Crippen molar-refractivity contribution in [3.8, 4) is 11.5 Å². The van der Waals surface area contributed by atoms with E-state index in [1.54, 1.807) is 9.80 Å². The Bertz CT molecular complexity index is 1190. The molecule has 2 amide bonds. The average Bonchev–Trinajstić information content (AvgIpc) is 3.39.